The maximum absolute atomic E-state index is 13.2. The number of carbonyl (C=O) groups is 3. The largest absolute Gasteiger partial charge is 0.445 e. The van der Waals surface area contributed by atoms with Gasteiger partial charge in [0.05, 0.1) is 5.56 Å². The monoisotopic (exact) mass is 525 g/mol. The maximum atomic E-state index is 13.2. The summed E-state index contributed by atoms with van der Waals surface area (Å²) < 4.78 is 5.69. The Kier molecular flexibility index (Phi) is 8.08. The van der Waals surface area contributed by atoms with Crippen LogP contribution < -0.4 is 5.32 Å². The van der Waals surface area contributed by atoms with Crippen LogP contribution in [-0.2, 0) is 10.2 Å². The molecule has 0 radical (unpaired) electrons. The summed E-state index contributed by atoms with van der Waals surface area (Å²) in [4.78, 5) is 38.9. The molecule has 1 N–H and O–H groups in total. The Morgan fingerprint density at radius 2 is 1.29 bits per heavy atom. The molecule has 0 heterocycles. The van der Waals surface area contributed by atoms with Crippen molar-refractivity contribution in [3.8, 4) is 0 Å². The van der Waals surface area contributed by atoms with Gasteiger partial charge in [-0.25, -0.2) is 4.79 Å². The maximum Gasteiger partial charge on any atom is 0.339 e. The van der Waals surface area contributed by atoms with E-state index in [-0.39, 0.29) is 22.7 Å². The molecule has 4 rings (SSSR count). The van der Waals surface area contributed by atoms with Gasteiger partial charge < -0.3 is 10.1 Å². The van der Waals surface area contributed by atoms with Crippen molar-refractivity contribution in [1.29, 1.82) is 0 Å². The highest BCUT2D eigenvalue weighted by atomic mass is 35.5. The van der Waals surface area contributed by atoms with Crippen LogP contribution in [0.15, 0.2) is 103 Å². The Morgan fingerprint density at radius 1 is 0.711 bits per heavy atom. The lowest BCUT2D eigenvalue weighted by Gasteiger charge is -2.19. The Hall–Kier alpha value is -4.22. The van der Waals surface area contributed by atoms with Crippen LogP contribution in [0.3, 0.4) is 0 Å². The van der Waals surface area contributed by atoms with Gasteiger partial charge in [0.25, 0.3) is 5.91 Å². The van der Waals surface area contributed by atoms with Crippen molar-refractivity contribution < 1.29 is 19.1 Å². The predicted molar refractivity (Wildman–Crippen MR) is 150 cm³/mol. The molecule has 0 aromatic heterocycles. The molecule has 0 spiro atoms. The lowest BCUT2D eigenvalue weighted by Crippen LogP contribution is -2.20. The summed E-state index contributed by atoms with van der Waals surface area (Å²) in [5.74, 6) is -1.26. The molecule has 192 valence electrons. The molecule has 0 aliphatic carbocycles. The van der Waals surface area contributed by atoms with Gasteiger partial charge in [-0.2, -0.15) is 0 Å². The summed E-state index contributed by atoms with van der Waals surface area (Å²) in [7, 11) is 0. The van der Waals surface area contributed by atoms with Crippen LogP contribution in [0.2, 0.25) is 5.02 Å². The summed E-state index contributed by atoms with van der Waals surface area (Å²) in [6.07, 6.45) is -1.14. The standard InChI is InChI=1S/C32H28ClNO4/c1-32(2,3)25-15-9-23(10-16-25)30(36)34-27-19-13-24(14-20-27)31(37)38-29(22-11-17-26(33)18-12-22)28(35)21-7-5-4-6-8-21/h4-20,29H,1-3H3,(H,34,36)/t29-/m0/s1. The SMILES string of the molecule is CC(C)(C)c1ccc(C(=O)Nc2ccc(C(=O)O[C@H](C(=O)c3ccccc3)c3ccc(Cl)cc3)cc2)cc1. The number of esters is 1. The molecule has 0 unspecified atom stereocenters. The lowest BCUT2D eigenvalue weighted by atomic mass is 9.87. The highest BCUT2D eigenvalue weighted by Gasteiger charge is 2.27. The molecule has 1 amide bonds. The van der Waals surface area contributed by atoms with Crippen molar-refractivity contribution in [2.75, 3.05) is 5.32 Å². The Bertz CT molecular complexity index is 1420. The zero-order valence-electron chi connectivity index (χ0n) is 21.4. The smallest absolute Gasteiger partial charge is 0.339 e. The molecular weight excluding hydrogens is 498 g/mol. The minimum Gasteiger partial charge on any atom is -0.445 e. The normalized spacial score (nSPS) is 11.9. The topological polar surface area (TPSA) is 72.5 Å². The first-order chi connectivity index (χ1) is 18.1. The van der Waals surface area contributed by atoms with Gasteiger partial charge >= 0.3 is 5.97 Å². The van der Waals surface area contributed by atoms with Crippen LogP contribution in [0.25, 0.3) is 0 Å². The molecule has 5 nitrogen and oxygen atoms in total. The molecule has 0 saturated carbocycles. The van der Waals surface area contributed by atoms with Gasteiger partial charge in [-0.3, -0.25) is 9.59 Å². The Labute approximate surface area is 227 Å². The highest BCUT2D eigenvalue weighted by molar-refractivity contribution is 6.30. The van der Waals surface area contributed by atoms with E-state index in [2.05, 4.69) is 26.1 Å². The summed E-state index contributed by atoms with van der Waals surface area (Å²) in [5, 5.41) is 3.34. The van der Waals surface area contributed by atoms with Gasteiger partial charge in [-0.15, -0.1) is 0 Å². The van der Waals surface area contributed by atoms with Crippen molar-refractivity contribution in [3.05, 3.63) is 136 Å². The summed E-state index contributed by atoms with van der Waals surface area (Å²) in [6.45, 7) is 6.34. The van der Waals surface area contributed by atoms with Crippen molar-refractivity contribution in [2.45, 2.75) is 32.3 Å². The third-order valence-electron chi connectivity index (χ3n) is 6.09. The number of rotatable bonds is 7. The van der Waals surface area contributed by atoms with E-state index in [4.69, 9.17) is 16.3 Å². The number of amides is 1. The van der Waals surface area contributed by atoms with Gasteiger partial charge in [0.2, 0.25) is 5.78 Å². The first kappa shape index (κ1) is 26.8. The molecule has 4 aromatic rings. The Morgan fingerprint density at radius 3 is 1.87 bits per heavy atom. The number of ketones is 1. The van der Waals surface area contributed by atoms with Gasteiger partial charge in [-0.1, -0.05) is 87.0 Å². The van der Waals surface area contributed by atoms with E-state index in [0.717, 1.165) is 5.56 Å². The van der Waals surface area contributed by atoms with Crippen LogP contribution >= 0.6 is 11.6 Å². The van der Waals surface area contributed by atoms with Crippen LogP contribution in [0, 0.1) is 0 Å². The second-order valence-corrected chi connectivity index (χ2v) is 10.4. The van der Waals surface area contributed by atoms with Crippen LogP contribution in [0.1, 0.15) is 69.1 Å². The van der Waals surface area contributed by atoms with Crippen molar-refractivity contribution in [2.24, 2.45) is 0 Å². The van der Waals surface area contributed by atoms with E-state index in [9.17, 15) is 14.4 Å². The molecule has 1 atom stereocenters. The van der Waals surface area contributed by atoms with Crippen molar-refractivity contribution in [1.82, 2.24) is 0 Å². The predicted octanol–water partition coefficient (Wildman–Crippen LogP) is 7.67. The van der Waals surface area contributed by atoms with Gasteiger partial charge in [0.1, 0.15) is 0 Å². The number of ether oxygens (including phenoxy) is 1. The molecule has 0 aliphatic heterocycles. The van der Waals surface area contributed by atoms with E-state index >= 15 is 0 Å². The third-order valence-corrected chi connectivity index (χ3v) is 6.34. The molecule has 0 saturated heterocycles. The van der Waals surface area contributed by atoms with E-state index in [1.807, 2.05) is 12.1 Å². The van der Waals surface area contributed by atoms with E-state index in [0.29, 0.717) is 27.4 Å². The summed E-state index contributed by atoms with van der Waals surface area (Å²) in [5.41, 5.74) is 3.38. The highest BCUT2D eigenvalue weighted by Crippen LogP contribution is 2.26. The number of hydrogen-bond donors (Lipinski definition) is 1. The van der Waals surface area contributed by atoms with Crippen LogP contribution in [0.4, 0.5) is 5.69 Å². The number of hydrogen-bond acceptors (Lipinski definition) is 4. The molecule has 0 bridgehead atoms. The minimum absolute atomic E-state index is 0.00226. The quantitative estimate of drug-likeness (QED) is 0.198. The first-order valence-corrected chi connectivity index (χ1v) is 12.6. The summed E-state index contributed by atoms with van der Waals surface area (Å²) in [6, 6.07) is 29.1. The fraction of sp³-hybridized carbons (Fsp3) is 0.156. The van der Waals surface area contributed by atoms with Gasteiger partial charge in [-0.05, 0) is 59.5 Å². The van der Waals surface area contributed by atoms with E-state index in [1.165, 1.54) is 0 Å². The second kappa shape index (κ2) is 11.4. The molecule has 38 heavy (non-hydrogen) atoms. The second-order valence-electron chi connectivity index (χ2n) is 9.93. The number of halogens is 1. The number of Topliss-reactive ketones (excluding diaryl/α,β-unsaturated/α-hetero) is 1. The van der Waals surface area contributed by atoms with Crippen LogP contribution in [0.5, 0.6) is 0 Å². The lowest BCUT2D eigenvalue weighted by molar-refractivity contribution is 0.0280. The first-order valence-electron chi connectivity index (χ1n) is 12.2. The third kappa shape index (κ3) is 6.55. The number of nitrogens with one attached hydrogen (secondary N) is 1. The van der Waals surface area contributed by atoms with Gasteiger partial charge in [0, 0.05) is 27.4 Å². The fourth-order valence-electron chi connectivity index (χ4n) is 3.85. The number of benzene rings is 4. The number of anilines is 1. The number of carbonyl (C=O) groups excluding carboxylic acids is 3. The fourth-order valence-corrected chi connectivity index (χ4v) is 3.98. The average molecular weight is 526 g/mol. The van der Waals surface area contributed by atoms with Crippen LogP contribution in [-0.4, -0.2) is 17.7 Å². The Balaban J connectivity index is 1.47. The molecule has 0 fully saturated rings. The molecule has 6 heteroatoms. The van der Waals surface area contributed by atoms with E-state index in [1.54, 1.807) is 91.0 Å². The van der Waals surface area contributed by atoms with Crippen molar-refractivity contribution >= 4 is 34.9 Å². The zero-order chi connectivity index (χ0) is 27.3. The summed E-state index contributed by atoms with van der Waals surface area (Å²) >= 11 is 6.01. The zero-order valence-corrected chi connectivity index (χ0v) is 22.2. The average Bonchev–Trinajstić information content (AvgIpc) is 2.92. The molecular formula is C32H28ClNO4. The minimum atomic E-state index is -1.14. The van der Waals surface area contributed by atoms with E-state index < -0.39 is 12.1 Å². The molecule has 0 aliphatic rings. The molecule has 4 aromatic carbocycles. The van der Waals surface area contributed by atoms with Crippen molar-refractivity contribution in [3.63, 3.8) is 0 Å². The van der Waals surface area contributed by atoms with Gasteiger partial charge in [0.15, 0.2) is 6.10 Å².